The van der Waals surface area contributed by atoms with Crippen molar-refractivity contribution >= 4 is 28.3 Å². The summed E-state index contributed by atoms with van der Waals surface area (Å²) in [6, 6.07) is 20.8. The minimum Gasteiger partial charge on any atom is -0.457 e. The zero-order valence-corrected chi connectivity index (χ0v) is 12.0. The van der Waals surface area contributed by atoms with Gasteiger partial charge in [-0.25, -0.2) is 4.79 Å². The molecule has 0 atom stereocenters. The largest absolute Gasteiger partial charge is 0.457 e. The number of carbonyl (C=O) groups excluding carboxylic acids is 1. The van der Waals surface area contributed by atoms with Crippen LogP contribution in [0.4, 0.5) is 0 Å². The standard InChI is InChI=1S/C18H13ClO2/c19-16-9-4-7-14(11-16)18(20)21-12-15-8-3-6-13-5-1-2-10-17(13)15/h1-11H,12H2. The van der Waals surface area contributed by atoms with Crippen LogP contribution in [0.15, 0.2) is 66.7 Å². The zero-order chi connectivity index (χ0) is 14.7. The van der Waals surface area contributed by atoms with Gasteiger partial charge in [-0.2, -0.15) is 0 Å². The van der Waals surface area contributed by atoms with Gasteiger partial charge in [-0.1, -0.05) is 60.1 Å². The highest BCUT2D eigenvalue weighted by molar-refractivity contribution is 6.30. The van der Waals surface area contributed by atoms with E-state index >= 15 is 0 Å². The summed E-state index contributed by atoms with van der Waals surface area (Å²) in [7, 11) is 0. The molecule has 0 aliphatic carbocycles. The Hall–Kier alpha value is -2.32. The van der Waals surface area contributed by atoms with E-state index < -0.39 is 0 Å². The lowest BCUT2D eigenvalue weighted by Gasteiger charge is -2.08. The maximum Gasteiger partial charge on any atom is 0.338 e. The van der Waals surface area contributed by atoms with Crippen LogP contribution in [-0.2, 0) is 11.3 Å². The number of esters is 1. The summed E-state index contributed by atoms with van der Waals surface area (Å²) >= 11 is 5.88. The lowest BCUT2D eigenvalue weighted by atomic mass is 10.1. The molecule has 0 aliphatic heterocycles. The van der Waals surface area contributed by atoms with Crippen molar-refractivity contribution in [2.45, 2.75) is 6.61 Å². The van der Waals surface area contributed by atoms with Crippen LogP contribution in [-0.4, -0.2) is 5.97 Å². The molecule has 2 nitrogen and oxygen atoms in total. The average Bonchev–Trinajstić information content (AvgIpc) is 2.52. The first-order valence-electron chi connectivity index (χ1n) is 6.63. The monoisotopic (exact) mass is 296 g/mol. The number of rotatable bonds is 3. The number of carbonyl (C=O) groups is 1. The van der Waals surface area contributed by atoms with Gasteiger partial charge in [0.25, 0.3) is 0 Å². The van der Waals surface area contributed by atoms with Gasteiger partial charge in [0.15, 0.2) is 0 Å². The molecule has 3 heteroatoms. The Morgan fingerprint density at radius 2 is 1.71 bits per heavy atom. The predicted molar refractivity (Wildman–Crippen MR) is 84.5 cm³/mol. The molecule has 3 aromatic rings. The van der Waals surface area contributed by atoms with Crippen molar-refractivity contribution in [1.29, 1.82) is 0 Å². The Balaban J connectivity index is 1.79. The van der Waals surface area contributed by atoms with Crippen molar-refractivity contribution in [2.75, 3.05) is 0 Å². The summed E-state index contributed by atoms with van der Waals surface area (Å²) in [5.74, 6) is -0.370. The normalized spacial score (nSPS) is 10.5. The third-order valence-corrected chi connectivity index (χ3v) is 3.53. The van der Waals surface area contributed by atoms with E-state index in [1.54, 1.807) is 24.3 Å². The fourth-order valence-electron chi connectivity index (χ4n) is 2.26. The number of ether oxygens (including phenoxy) is 1. The van der Waals surface area contributed by atoms with Gasteiger partial charge in [-0.15, -0.1) is 0 Å². The average molecular weight is 297 g/mol. The van der Waals surface area contributed by atoms with E-state index in [-0.39, 0.29) is 12.6 Å². The number of halogens is 1. The van der Waals surface area contributed by atoms with Gasteiger partial charge in [0, 0.05) is 5.02 Å². The molecular weight excluding hydrogens is 284 g/mol. The molecule has 0 N–H and O–H groups in total. The molecule has 0 saturated carbocycles. The van der Waals surface area contributed by atoms with Crippen LogP contribution < -0.4 is 0 Å². The number of benzene rings is 3. The van der Waals surface area contributed by atoms with Gasteiger partial charge in [0.2, 0.25) is 0 Å². The zero-order valence-electron chi connectivity index (χ0n) is 11.3. The molecule has 0 aromatic heterocycles. The minimum absolute atomic E-state index is 0.243. The summed E-state index contributed by atoms with van der Waals surface area (Å²) < 4.78 is 5.38. The summed E-state index contributed by atoms with van der Waals surface area (Å²) in [5, 5.41) is 2.75. The Morgan fingerprint density at radius 1 is 0.952 bits per heavy atom. The Kier molecular flexibility index (Phi) is 3.89. The highest BCUT2D eigenvalue weighted by atomic mass is 35.5. The Labute approximate surface area is 127 Å². The molecule has 0 fully saturated rings. The fourth-order valence-corrected chi connectivity index (χ4v) is 2.45. The first-order chi connectivity index (χ1) is 10.2. The lowest BCUT2D eigenvalue weighted by molar-refractivity contribution is 0.0474. The first kappa shape index (κ1) is 13.7. The molecule has 21 heavy (non-hydrogen) atoms. The number of fused-ring (bicyclic) bond motifs is 1. The van der Waals surface area contributed by atoms with Crippen LogP contribution in [0.1, 0.15) is 15.9 Å². The van der Waals surface area contributed by atoms with Gasteiger partial charge < -0.3 is 4.74 Å². The quantitative estimate of drug-likeness (QED) is 0.646. The van der Waals surface area contributed by atoms with Gasteiger partial charge in [-0.3, -0.25) is 0 Å². The van der Waals surface area contributed by atoms with Crippen LogP contribution in [0, 0.1) is 0 Å². The molecule has 0 amide bonds. The number of hydrogen-bond donors (Lipinski definition) is 0. The van der Waals surface area contributed by atoms with Crippen LogP contribution in [0.2, 0.25) is 5.02 Å². The van der Waals surface area contributed by atoms with Crippen LogP contribution in [0.25, 0.3) is 10.8 Å². The molecule has 0 unspecified atom stereocenters. The molecule has 0 saturated heterocycles. The van der Waals surface area contributed by atoms with Crippen molar-refractivity contribution in [3.8, 4) is 0 Å². The van der Waals surface area contributed by atoms with Crippen molar-refractivity contribution < 1.29 is 9.53 Å². The highest BCUT2D eigenvalue weighted by Crippen LogP contribution is 2.20. The van der Waals surface area contributed by atoms with Crippen LogP contribution in [0.3, 0.4) is 0 Å². The lowest BCUT2D eigenvalue weighted by Crippen LogP contribution is -2.05. The summed E-state index contributed by atoms with van der Waals surface area (Å²) in [6.45, 7) is 0.243. The third-order valence-electron chi connectivity index (χ3n) is 3.30. The van der Waals surface area contributed by atoms with Gasteiger partial charge in [-0.05, 0) is 34.5 Å². The molecule has 0 aliphatic rings. The van der Waals surface area contributed by atoms with Crippen LogP contribution >= 0.6 is 11.6 Å². The van der Waals surface area contributed by atoms with Crippen LogP contribution in [0.5, 0.6) is 0 Å². The van der Waals surface area contributed by atoms with E-state index in [2.05, 4.69) is 0 Å². The maximum atomic E-state index is 12.0. The Bertz CT molecular complexity index is 791. The number of hydrogen-bond acceptors (Lipinski definition) is 2. The smallest absolute Gasteiger partial charge is 0.338 e. The molecule has 3 rings (SSSR count). The van der Waals surface area contributed by atoms with Crippen molar-refractivity contribution in [2.24, 2.45) is 0 Å². The van der Waals surface area contributed by atoms with E-state index in [1.165, 1.54) is 0 Å². The first-order valence-corrected chi connectivity index (χ1v) is 7.01. The summed E-state index contributed by atoms with van der Waals surface area (Å²) in [6.07, 6.45) is 0. The molecule has 0 heterocycles. The molecule has 0 spiro atoms. The molecule has 0 radical (unpaired) electrons. The van der Waals surface area contributed by atoms with Gasteiger partial charge in [0.05, 0.1) is 5.56 Å². The van der Waals surface area contributed by atoms with Crippen molar-refractivity contribution in [3.05, 3.63) is 82.9 Å². The van der Waals surface area contributed by atoms with Gasteiger partial charge in [0.1, 0.15) is 6.61 Å². The van der Waals surface area contributed by atoms with E-state index in [1.807, 2.05) is 42.5 Å². The van der Waals surface area contributed by atoms with Crippen molar-refractivity contribution in [3.63, 3.8) is 0 Å². The maximum absolute atomic E-state index is 12.0. The highest BCUT2D eigenvalue weighted by Gasteiger charge is 2.09. The summed E-state index contributed by atoms with van der Waals surface area (Å²) in [4.78, 5) is 12.0. The predicted octanol–water partition coefficient (Wildman–Crippen LogP) is 4.85. The second-order valence-electron chi connectivity index (χ2n) is 4.72. The molecule has 0 bridgehead atoms. The van der Waals surface area contributed by atoms with Crippen molar-refractivity contribution in [1.82, 2.24) is 0 Å². The molecular formula is C18H13ClO2. The van der Waals surface area contributed by atoms with E-state index in [0.717, 1.165) is 16.3 Å². The topological polar surface area (TPSA) is 26.3 Å². The van der Waals surface area contributed by atoms with Gasteiger partial charge >= 0.3 is 5.97 Å². The van der Waals surface area contributed by atoms with E-state index in [9.17, 15) is 4.79 Å². The minimum atomic E-state index is -0.370. The molecule has 104 valence electrons. The Morgan fingerprint density at radius 3 is 2.57 bits per heavy atom. The second kappa shape index (κ2) is 5.98. The molecule has 3 aromatic carbocycles. The van der Waals surface area contributed by atoms with E-state index in [4.69, 9.17) is 16.3 Å². The fraction of sp³-hybridized carbons (Fsp3) is 0.0556. The SMILES string of the molecule is O=C(OCc1cccc2ccccc12)c1cccc(Cl)c1. The summed E-state index contributed by atoms with van der Waals surface area (Å²) in [5.41, 5.74) is 1.45. The second-order valence-corrected chi connectivity index (χ2v) is 5.16. The third kappa shape index (κ3) is 3.06. The van der Waals surface area contributed by atoms with E-state index in [0.29, 0.717) is 10.6 Å².